The lowest BCUT2D eigenvalue weighted by molar-refractivity contribution is -0.133. The molecule has 0 bridgehead atoms. The van der Waals surface area contributed by atoms with Gasteiger partial charge in [-0.2, -0.15) is 0 Å². The molecular weight excluding hydrogens is 618 g/mol. The van der Waals surface area contributed by atoms with Crippen molar-refractivity contribution in [3.8, 4) is 0 Å². The first-order valence-corrected chi connectivity index (χ1v) is 19.0. The minimum Gasteiger partial charge on any atom is -0.390 e. The van der Waals surface area contributed by atoms with Gasteiger partial charge in [0.25, 0.3) is 0 Å². The van der Waals surface area contributed by atoms with Crippen LogP contribution in [0.25, 0.3) is 0 Å². The van der Waals surface area contributed by atoms with E-state index >= 15 is 0 Å². The van der Waals surface area contributed by atoms with E-state index < -0.39 is 56.2 Å². The second kappa shape index (κ2) is 16.2. The van der Waals surface area contributed by atoms with E-state index in [-0.39, 0.29) is 31.5 Å². The molecular formula is C35H59N5O6S. The number of hydrogen-bond acceptors (Lipinski definition) is 8. The molecule has 12 heteroatoms. The van der Waals surface area contributed by atoms with E-state index in [0.717, 1.165) is 43.9 Å². The smallest absolute Gasteiger partial charge is 0.244 e. The topological polar surface area (TPSA) is 157 Å². The largest absolute Gasteiger partial charge is 0.390 e. The number of aliphatic hydroxyl groups excluding tert-OH is 1. The van der Waals surface area contributed by atoms with Crippen LogP contribution in [-0.4, -0.2) is 103 Å². The van der Waals surface area contributed by atoms with Crippen LogP contribution < -0.4 is 21.3 Å². The Hall–Kier alpha value is -2.54. The first kappa shape index (κ1) is 38.9. The first-order valence-electron chi connectivity index (χ1n) is 17.1. The average molecular weight is 678 g/mol. The number of sulfone groups is 1. The number of nitrogens with zero attached hydrogens (tertiary/aromatic N) is 1. The van der Waals surface area contributed by atoms with Crippen LogP contribution in [0.3, 0.4) is 0 Å². The zero-order valence-electron chi connectivity index (χ0n) is 29.6. The fourth-order valence-electron chi connectivity index (χ4n) is 6.69. The van der Waals surface area contributed by atoms with Crippen molar-refractivity contribution >= 4 is 27.6 Å². The van der Waals surface area contributed by atoms with Gasteiger partial charge < -0.3 is 26.4 Å². The number of aliphatic hydroxyl groups is 1. The van der Waals surface area contributed by atoms with Gasteiger partial charge >= 0.3 is 0 Å². The minimum absolute atomic E-state index is 0.00864. The number of piperidine rings is 1. The van der Waals surface area contributed by atoms with E-state index in [0.29, 0.717) is 18.4 Å². The molecule has 2 fully saturated rings. The zero-order chi connectivity index (χ0) is 35.2. The molecule has 1 unspecified atom stereocenters. The van der Waals surface area contributed by atoms with Gasteiger partial charge in [0.15, 0.2) is 9.84 Å². The van der Waals surface area contributed by atoms with Crippen molar-refractivity contribution in [3.63, 3.8) is 0 Å². The van der Waals surface area contributed by atoms with E-state index in [9.17, 15) is 27.9 Å². The molecule has 1 aromatic carbocycles. The number of amides is 3. The Kier molecular flexibility index (Phi) is 13.4. The molecule has 11 nitrogen and oxygen atoms in total. The molecule has 2 aliphatic rings. The number of carbonyl (C=O) groups is 3. The Morgan fingerprint density at radius 1 is 0.979 bits per heavy atom. The van der Waals surface area contributed by atoms with E-state index in [1.807, 2.05) is 65.0 Å². The molecule has 3 amide bonds. The van der Waals surface area contributed by atoms with Gasteiger partial charge in [0.2, 0.25) is 17.7 Å². The van der Waals surface area contributed by atoms with Crippen molar-refractivity contribution in [2.45, 2.75) is 128 Å². The van der Waals surface area contributed by atoms with Crippen LogP contribution in [0.4, 0.5) is 0 Å². The number of nitrogens with one attached hydrogen (secondary N) is 4. The molecule has 5 N–H and O–H groups in total. The van der Waals surface area contributed by atoms with Gasteiger partial charge in [-0.05, 0) is 71.3 Å². The summed E-state index contributed by atoms with van der Waals surface area (Å²) in [5, 5.41) is 23.6. The lowest BCUT2D eigenvalue weighted by Crippen LogP contribution is -2.64. The van der Waals surface area contributed by atoms with Crippen molar-refractivity contribution in [3.05, 3.63) is 35.9 Å². The minimum atomic E-state index is -3.82. The summed E-state index contributed by atoms with van der Waals surface area (Å²) in [6.45, 7) is 13.2. The lowest BCUT2D eigenvalue weighted by atomic mass is 9.72. The van der Waals surface area contributed by atoms with Gasteiger partial charge in [-0.1, -0.05) is 63.4 Å². The Labute approximate surface area is 282 Å². The summed E-state index contributed by atoms with van der Waals surface area (Å²) in [4.78, 5) is 42.6. The molecule has 47 heavy (non-hydrogen) atoms. The summed E-state index contributed by atoms with van der Waals surface area (Å²) in [6, 6.07) is 6.77. The van der Waals surface area contributed by atoms with Crippen LogP contribution in [0.1, 0.15) is 86.1 Å². The van der Waals surface area contributed by atoms with E-state index in [2.05, 4.69) is 26.2 Å². The molecule has 0 aromatic heterocycles. The van der Waals surface area contributed by atoms with Crippen LogP contribution in [0.2, 0.25) is 0 Å². The maximum absolute atomic E-state index is 14.0. The molecule has 1 aromatic rings. The maximum Gasteiger partial charge on any atom is 0.244 e. The Balaban J connectivity index is 1.91. The third-order valence-corrected chi connectivity index (χ3v) is 11.9. The van der Waals surface area contributed by atoms with Gasteiger partial charge in [-0.15, -0.1) is 0 Å². The zero-order valence-corrected chi connectivity index (χ0v) is 30.5. The van der Waals surface area contributed by atoms with Crippen molar-refractivity contribution < 1.29 is 27.9 Å². The number of fused-ring (bicyclic) bond motifs is 1. The summed E-state index contributed by atoms with van der Waals surface area (Å²) in [5.74, 6) is -0.387. The van der Waals surface area contributed by atoms with Gasteiger partial charge in [0.1, 0.15) is 6.04 Å². The van der Waals surface area contributed by atoms with Crippen LogP contribution >= 0.6 is 0 Å². The van der Waals surface area contributed by atoms with Gasteiger partial charge in [-0.3, -0.25) is 19.3 Å². The fraction of sp³-hybridized carbons (Fsp3) is 0.743. The highest BCUT2D eigenvalue weighted by Crippen LogP contribution is 2.39. The molecule has 1 saturated carbocycles. The highest BCUT2D eigenvalue weighted by atomic mass is 32.2. The average Bonchev–Trinajstić information content (AvgIpc) is 2.97. The number of likely N-dealkylation sites (tertiary alicyclic amines) is 1. The summed E-state index contributed by atoms with van der Waals surface area (Å²) < 4.78 is 24.1. The maximum atomic E-state index is 14.0. The summed E-state index contributed by atoms with van der Waals surface area (Å²) in [6.07, 6.45) is 5.43. The summed E-state index contributed by atoms with van der Waals surface area (Å²) >= 11 is 0. The van der Waals surface area contributed by atoms with E-state index in [4.69, 9.17) is 0 Å². The lowest BCUT2D eigenvalue weighted by Gasteiger charge is -2.47. The summed E-state index contributed by atoms with van der Waals surface area (Å²) in [7, 11) is -3.82. The predicted octanol–water partition coefficient (Wildman–Crippen LogP) is 2.18. The van der Waals surface area contributed by atoms with Gasteiger partial charge in [0, 0.05) is 30.9 Å². The first-order chi connectivity index (χ1) is 21.8. The standard InChI is InChI=1S/C35H59N5O6S/c1-23(2)36-20-30(42)38-31(35(6,7)47(8,45)46)33(44)37-27(18-24-14-10-9-11-15-24)29(41)22-40-21-26-17-13-12-16-25(26)19-28(40)32(43)39-34(3,4)5/h9-11,14-15,23,25-29,31,36,41H,12-13,16-22H2,1-8H3,(H,37,44)(H,38,42)(H,39,43)/t25-,26?,27-,28-,29+,31+/m0/s1. The van der Waals surface area contributed by atoms with Gasteiger partial charge in [-0.25, -0.2) is 8.42 Å². The van der Waals surface area contributed by atoms with E-state index in [1.165, 1.54) is 13.8 Å². The Bertz CT molecular complexity index is 1310. The normalized spacial score (nSPS) is 22.9. The monoisotopic (exact) mass is 677 g/mol. The quantitative estimate of drug-likeness (QED) is 0.201. The Morgan fingerprint density at radius 2 is 1.60 bits per heavy atom. The van der Waals surface area contributed by atoms with Crippen molar-refractivity contribution in [1.29, 1.82) is 0 Å². The molecule has 1 saturated heterocycles. The number of β-amino-alcohol motifs (C(OH)–C–C–N with tert-alkyl or cyclic N) is 1. The molecule has 0 spiro atoms. The van der Waals surface area contributed by atoms with Crippen LogP contribution in [-0.2, 0) is 30.6 Å². The van der Waals surface area contributed by atoms with Gasteiger partial charge in [0.05, 0.1) is 29.5 Å². The Morgan fingerprint density at radius 3 is 2.17 bits per heavy atom. The van der Waals surface area contributed by atoms with Crippen molar-refractivity contribution in [2.75, 3.05) is 25.9 Å². The molecule has 1 heterocycles. The van der Waals surface area contributed by atoms with Crippen LogP contribution in [0.15, 0.2) is 30.3 Å². The third-order valence-electron chi connectivity index (χ3n) is 9.70. The SMILES string of the molecule is CC(C)NCC(=O)N[C@H](C(=O)N[C@@H](Cc1ccccc1)[C@H](O)CN1CC2CCCC[C@H]2C[C@H]1C(=O)NC(C)(C)C)C(C)(C)S(C)(=O)=O. The molecule has 3 rings (SSSR count). The highest BCUT2D eigenvalue weighted by molar-refractivity contribution is 7.92. The number of benzene rings is 1. The highest BCUT2D eigenvalue weighted by Gasteiger charge is 2.46. The number of hydrogen-bond donors (Lipinski definition) is 5. The van der Waals surface area contributed by atoms with E-state index in [1.54, 1.807) is 0 Å². The van der Waals surface area contributed by atoms with Crippen LogP contribution in [0.5, 0.6) is 0 Å². The molecule has 0 radical (unpaired) electrons. The van der Waals surface area contributed by atoms with Crippen molar-refractivity contribution in [1.82, 2.24) is 26.2 Å². The number of carbonyl (C=O) groups excluding carboxylic acids is 3. The summed E-state index contributed by atoms with van der Waals surface area (Å²) in [5.41, 5.74) is 0.458. The molecule has 1 aliphatic heterocycles. The number of rotatable bonds is 14. The predicted molar refractivity (Wildman–Crippen MR) is 185 cm³/mol. The second-order valence-corrected chi connectivity index (χ2v) is 18.1. The fourth-order valence-corrected chi connectivity index (χ4v) is 7.28. The third kappa shape index (κ3) is 11.3. The van der Waals surface area contributed by atoms with Crippen LogP contribution in [0, 0.1) is 11.8 Å². The molecule has 266 valence electrons. The molecule has 1 aliphatic carbocycles. The molecule has 6 atom stereocenters. The van der Waals surface area contributed by atoms with Crippen molar-refractivity contribution in [2.24, 2.45) is 11.8 Å². The second-order valence-electron chi connectivity index (χ2n) is 15.5.